The summed E-state index contributed by atoms with van der Waals surface area (Å²) in [6, 6.07) is 7.77. The fourth-order valence-corrected chi connectivity index (χ4v) is 2.01. The van der Waals surface area contributed by atoms with Crippen LogP contribution in [0.4, 0.5) is 0 Å². The molecule has 94 valence electrons. The smallest absolute Gasteiger partial charge is 0.135 e. The zero-order valence-corrected chi connectivity index (χ0v) is 12.5. The average Bonchev–Trinajstić information content (AvgIpc) is 2.34. The van der Waals surface area contributed by atoms with Crippen LogP contribution in [0.2, 0.25) is 0 Å². The lowest BCUT2D eigenvalue weighted by Crippen LogP contribution is -1.93. The summed E-state index contributed by atoms with van der Waals surface area (Å²) in [5.74, 6) is 1.95. The first kappa shape index (κ1) is 13.4. The van der Waals surface area contributed by atoms with Crippen LogP contribution in [0.15, 0.2) is 34.9 Å². The molecular formula is C14H13BrClNO. The molecule has 0 N–H and O–H groups in total. The Morgan fingerprint density at radius 1 is 1.28 bits per heavy atom. The van der Waals surface area contributed by atoms with Gasteiger partial charge in [0.2, 0.25) is 0 Å². The second-order valence-corrected chi connectivity index (χ2v) is 5.20. The zero-order chi connectivity index (χ0) is 13.1. The lowest BCUT2D eigenvalue weighted by molar-refractivity contribution is 0.476. The first-order valence-corrected chi connectivity index (χ1v) is 6.88. The predicted molar refractivity (Wildman–Crippen MR) is 77.5 cm³/mol. The minimum absolute atomic E-state index is 0.387. The molecule has 18 heavy (non-hydrogen) atoms. The van der Waals surface area contributed by atoms with E-state index in [9.17, 15) is 0 Å². The van der Waals surface area contributed by atoms with Crippen molar-refractivity contribution in [3.05, 3.63) is 51.8 Å². The molecule has 1 aromatic heterocycles. The van der Waals surface area contributed by atoms with Crippen molar-refractivity contribution < 1.29 is 4.74 Å². The standard InChI is InChI=1S/C14H13BrClNO/c1-9-5-12(3-4-13(9)15)18-14-6-10(2)17-8-11(14)7-16/h3-6,8H,7H2,1-2H3. The predicted octanol–water partition coefficient (Wildman–Crippen LogP) is 4.99. The van der Waals surface area contributed by atoms with Crippen molar-refractivity contribution in [2.24, 2.45) is 0 Å². The van der Waals surface area contributed by atoms with E-state index in [0.29, 0.717) is 5.88 Å². The molecule has 0 atom stereocenters. The number of aromatic nitrogens is 1. The van der Waals surface area contributed by atoms with Gasteiger partial charge in [0.15, 0.2) is 0 Å². The van der Waals surface area contributed by atoms with Crippen molar-refractivity contribution in [3.8, 4) is 11.5 Å². The molecule has 1 heterocycles. The summed E-state index contributed by atoms with van der Waals surface area (Å²) in [4.78, 5) is 4.21. The van der Waals surface area contributed by atoms with Crippen LogP contribution in [-0.4, -0.2) is 4.98 Å². The van der Waals surface area contributed by atoms with Gasteiger partial charge >= 0.3 is 0 Å². The minimum atomic E-state index is 0.387. The Balaban J connectivity index is 2.33. The third-order valence-corrected chi connectivity index (χ3v) is 3.76. The molecule has 2 rings (SSSR count). The molecule has 0 saturated heterocycles. The fraction of sp³-hybridized carbons (Fsp3) is 0.214. The molecule has 2 aromatic rings. The lowest BCUT2D eigenvalue weighted by Gasteiger charge is -2.11. The van der Waals surface area contributed by atoms with Crippen molar-refractivity contribution in [1.29, 1.82) is 0 Å². The lowest BCUT2D eigenvalue weighted by atomic mass is 10.2. The maximum atomic E-state index is 5.88. The van der Waals surface area contributed by atoms with Crippen molar-refractivity contribution >= 4 is 27.5 Å². The van der Waals surface area contributed by atoms with E-state index < -0.39 is 0 Å². The minimum Gasteiger partial charge on any atom is -0.457 e. The van der Waals surface area contributed by atoms with E-state index in [1.807, 2.05) is 38.1 Å². The number of hydrogen-bond donors (Lipinski definition) is 0. The third-order valence-electron chi connectivity index (χ3n) is 2.58. The van der Waals surface area contributed by atoms with Gasteiger partial charge < -0.3 is 4.74 Å². The maximum Gasteiger partial charge on any atom is 0.135 e. The topological polar surface area (TPSA) is 22.1 Å². The van der Waals surface area contributed by atoms with Crippen LogP contribution in [0.1, 0.15) is 16.8 Å². The first-order valence-electron chi connectivity index (χ1n) is 5.55. The second-order valence-electron chi connectivity index (χ2n) is 4.08. The second kappa shape index (κ2) is 5.72. The van der Waals surface area contributed by atoms with Crippen LogP contribution in [0.3, 0.4) is 0 Å². The fourth-order valence-electron chi connectivity index (χ4n) is 1.57. The first-order chi connectivity index (χ1) is 8.60. The number of pyridine rings is 1. The van der Waals surface area contributed by atoms with Crippen LogP contribution >= 0.6 is 27.5 Å². The molecule has 0 aliphatic rings. The normalized spacial score (nSPS) is 10.4. The van der Waals surface area contributed by atoms with E-state index in [1.165, 1.54) is 0 Å². The van der Waals surface area contributed by atoms with Gasteiger partial charge in [-0.15, -0.1) is 11.6 Å². The van der Waals surface area contributed by atoms with Crippen molar-refractivity contribution in [2.45, 2.75) is 19.7 Å². The zero-order valence-electron chi connectivity index (χ0n) is 10.2. The van der Waals surface area contributed by atoms with Gasteiger partial charge in [-0.3, -0.25) is 4.98 Å². The Morgan fingerprint density at radius 3 is 2.72 bits per heavy atom. The molecule has 0 saturated carbocycles. The molecule has 4 heteroatoms. The molecular weight excluding hydrogens is 314 g/mol. The van der Waals surface area contributed by atoms with Gasteiger partial charge in [0.05, 0.1) is 5.88 Å². The Morgan fingerprint density at radius 2 is 2.06 bits per heavy atom. The number of nitrogens with zero attached hydrogens (tertiary/aromatic N) is 1. The SMILES string of the molecule is Cc1cc(Oc2ccc(Br)c(C)c2)c(CCl)cn1. The monoisotopic (exact) mass is 325 g/mol. The summed E-state index contributed by atoms with van der Waals surface area (Å²) < 4.78 is 6.94. The van der Waals surface area contributed by atoms with Gasteiger partial charge in [-0.2, -0.15) is 0 Å². The van der Waals surface area contributed by atoms with Crippen molar-refractivity contribution in [1.82, 2.24) is 4.98 Å². The molecule has 2 nitrogen and oxygen atoms in total. The summed E-state index contributed by atoms with van der Waals surface area (Å²) in [7, 11) is 0. The van der Waals surface area contributed by atoms with Gasteiger partial charge in [-0.25, -0.2) is 0 Å². The van der Waals surface area contributed by atoms with E-state index in [1.54, 1.807) is 6.20 Å². The molecule has 0 radical (unpaired) electrons. The number of aryl methyl sites for hydroxylation is 2. The van der Waals surface area contributed by atoms with Gasteiger partial charge in [0, 0.05) is 28.0 Å². The van der Waals surface area contributed by atoms with Gasteiger partial charge in [-0.1, -0.05) is 15.9 Å². The molecule has 0 spiro atoms. The number of halogens is 2. The summed E-state index contributed by atoms with van der Waals surface area (Å²) in [6.45, 7) is 3.95. The summed E-state index contributed by atoms with van der Waals surface area (Å²) in [6.07, 6.45) is 1.75. The molecule has 0 bridgehead atoms. The van der Waals surface area contributed by atoms with E-state index >= 15 is 0 Å². The Kier molecular flexibility index (Phi) is 4.25. The molecule has 0 aliphatic carbocycles. The van der Waals surface area contributed by atoms with Crippen LogP contribution in [0, 0.1) is 13.8 Å². The van der Waals surface area contributed by atoms with Crippen LogP contribution in [0.5, 0.6) is 11.5 Å². The van der Waals surface area contributed by atoms with E-state index in [4.69, 9.17) is 16.3 Å². The van der Waals surface area contributed by atoms with Crippen LogP contribution < -0.4 is 4.74 Å². The highest BCUT2D eigenvalue weighted by atomic mass is 79.9. The highest BCUT2D eigenvalue weighted by molar-refractivity contribution is 9.10. The van der Waals surface area contributed by atoms with Gasteiger partial charge in [0.1, 0.15) is 11.5 Å². The quantitative estimate of drug-likeness (QED) is 0.741. The molecule has 0 amide bonds. The van der Waals surface area contributed by atoms with Gasteiger partial charge in [0.25, 0.3) is 0 Å². The molecule has 0 unspecified atom stereocenters. The summed E-state index contributed by atoms with van der Waals surface area (Å²) in [5, 5.41) is 0. The van der Waals surface area contributed by atoms with Gasteiger partial charge in [-0.05, 0) is 37.6 Å². The summed E-state index contributed by atoms with van der Waals surface area (Å²) in [5.41, 5.74) is 2.93. The Hall–Kier alpha value is -1.06. The molecule has 0 aliphatic heterocycles. The number of ether oxygens (including phenoxy) is 1. The highest BCUT2D eigenvalue weighted by Crippen LogP contribution is 2.29. The Labute approximate surface area is 120 Å². The number of hydrogen-bond acceptors (Lipinski definition) is 2. The molecule has 1 aromatic carbocycles. The van der Waals surface area contributed by atoms with E-state index in [-0.39, 0.29) is 0 Å². The summed E-state index contributed by atoms with van der Waals surface area (Å²) >= 11 is 9.35. The Bertz CT molecular complexity index is 572. The highest BCUT2D eigenvalue weighted by Gasteiger charge is 2.06. The number of rotatable bonds is 3. The van der Waals surface area contributed by atoms with Crippen LogP contribution in [0.25, 0.3) is 0 Å². The number of alkyl halides is 1. The van der Waals surface area contributed by atoms with E-state index in [0.717, 1.165) is 32.8 Å². The largest absolute Gasteiger partial charge is 0.457 e. The average molecular weight is 327 g/mol. The van der Waals surface area contributed by atoms with Crippen molar-refractivity contribution in [3.63, 3.8) is 0 Å². The van der Waals surface area contributed by atoms with E-state index in [2.05, 4.69) is 20.9 Å². The number of benzene rings is 1. The van der Waals surface area contributed by atoms with Crippen LogP contribution in [-0.2, 0) is 5.88 Å². The van der Waals surface area contributed by atoms with Crippen molar-refractivity contribution in [2.75, 3.05) is 0 Å². The third kappa shape index (κ3) is 3.03. The maximum absolute atomic E-state index is 5.88. The molecule has 0 fully saturated rings.